The van der Waals surface area contributed by atoms with Crippen LogP contribution in [0.3, 0.4) is 0 Å². The Balaban J connectivity index is 1.76. The molecular weight excluding hydrogens is 224 g/mol. The molecule has 0 spiro atoms. The predicted molar refractivity (Wildman–Crippen MR) is 59.7 cm³/mol. The normalized spacial score (nSPS) is 29.7. The van der Waals surface area contributed by atoms with Gasteiger partial charge in [0.15, 0.2) is 0 Å². The minimum Gasteiger partial charge on any atom is -0.481 e. The summed E-state index contributed by atoms with van der Waals surface area (Å²) >= 11 is 0. The maximum absolute atomic E-state index is 11.6. The van der Waals surface area contributed by atoms with E-state index in [0.717, 1.165) is 6.42 Å². The molecule has 1 saturated heterocycles. The zero-order valence-electron chi connectivity index (χ0n) is 9.91. The SMILES string of the molecule is CC1(NC(=O)NCC2(C(=O)O)CC2)CCOC1. The topological polar surface area (TPSA) is 87.7 Å². The summed E-state index contributed by atoms with van der Waals surface area (Å²) in [6.45, 7) is 3.27. The van der Waals surface area contributed by atoms with Gasteiger partial charge in [0.05, 0.1) is 17.6 Å². The van der Waals surface area contributed by atoms with Crippen molar-refractivity contribution in [3.8, 4) is 0 Å². The van der Waals surface area contributed by atoms with E-state index in [1.165, 1.54) is 0 Å². The molecule has 0 radical (unpaired) electrons. The van der Waals surface area contributed by atoms with Gasteiger partial charge >= 0.3 is 12.0 Å². The van der Waals surface area contributed by atoms with E-state index in [1.807, 2.05) is 6.92 Å². The van der Waals surface area contributed by atoms with Crippen LogP contribution in [0.25, 0.3) is 0 Å². The van der Waals surface area contributed by atoms with E-state index in [-0.39, 0.29) is 18.1 Å². The number of carboxylic acids is 1. The zero-order chi connectivity index (χ0) is 12.5. The highest BCUT2D eigenvalue weighted by Gasteiger charge is 2.50. The van der Waals surface area contributed by atoms with E-state index in [4.69, 9.17) is 9.84 Å². The van der Waals surface area contributed by atoms with Crippen molar-refractivity contribution < 1.29 is 19.4 Å². The summed E-state index contributed by atoms with van der Waals surface area (Å²) in [5, 5.41) is 14.4. The molecule has 6 nitrogen and oxygen atoms in total. The smallest absolute Gasteiger partial charge is 0.315 e. The van der Waals surface area contributed by atoms with Gasteiger partial charge in [-0.25, -0.2) is 4.79 Å². The van der Waals surface area contributed by atoms with Crippen molar-refractivity contribution in [3.05, 3.63) is 0 Å². The van der Waals surface area contributed by atoms with Gasteiger partial charge in [-0.2, -0.15) is 0 Å². The highest BCUT2D eigenvalue weighted by Crippen LogP contribution is 2.45. The Labute approximate surface area is 99.7 Å². The minimum atomic E-state index is -0.826. The van der Waals surface area contributed by atoms with Gasteiger partial charge in [-0.3, -0.25) is 4.79 Å². The number of aliphatic carboxylic acids is 1. The van der Waals surface area contributed by atoms with Crippen LogP contribution in [-0.4, -0.2) is 42.4 Å². The Hall–Kier alpha value is -1.30. The number of hydrogen-bond donors (Lipinski definition) is 3. The molecule has 2 amide bonds. The van der Waals surface area contributed by atoms with Gasteiger partial charge < -0.3 is 20.5 Å². The maximum atomic E-state index is 11.6. The van der Waals surface area contributed by atoms with Gasteiger partial charge in [0.25, 0.3) is 0 Å². The first-order chi connectivity index (χ1) is 7.96. The highest BCUT2D eigenvalue weighted by atomic mass is 16.5. The third-order valence-electron chi connectivity index (χ3n) is 3.53. The van der Waals surface area contributed by atoms with Crippen LogP contribution in [0.4, 0.5) is 4.79 Å². The standard InChI is InChI=1S/C11H18N2O4/c1-10(4-5-17-7-10)13-9(16)12-6-11(2-3-11)8(14)15/h2-7H2,1H3,(H,14,15)(H2,12,13,16). The Morgan fingerprint density at radius 1 is 1.35 bits per heavy atom. The fourth-order valence-electron chi connectivity index (χ4n) is 1.95. The van der Waals surface area contributed by atoms with Crippen molar-refractivity contribution in [3.63, 3.8) is 0 Å². The molecular formula is C11H18N2O4. The molecule has 1 unspecified atom stereocenters. The van der Waals surface area contributed by atoms with Gasteiger partial charge in [0, 0.05) is 13.2 Å². The molecule has 1 atom stereocenters. The third kappa shape index (κ3) is 2.69. The molecule has 1 aliphatic heterocycles. The van der Waals surface area contributed by atoms with Crippen LogP contribution in [0.15, 0.2) is 0 Å². The lowest BCUT2D eigenvalue weighted by molar-refractivity contribution is -0.143. The van der Waals surface area contributed by atoms with Gasteiger partial charge in [0.1, 0.15) is 0 Å². The lowest BCUT2D eigenvalue weighted by atomic mass is 10.0. The van der Waals surface area contributed by atoms with Crippen LogP contribution >= 0.6 is 0 Å². The second-order valence-corrected chi connectivity index (χ2v) is 5.26. The number of carbonyl (C=O) groups excluding carboxylic acids is 1. The first-order valence-electron chi connectivity index (χ1n) is 5.83. The monoisotopic (exact) mass is 242 g/mol. The molecule has 1 aliphatic carbocycles. The zero-order valence-corrected chi connectivity index (χ0v) is 9.91. The third-order valence-corrected chi connectivity index (χ3v) is 3.53. The molecule has 2 rings (SSSR count). The largest absolute Gasteiger partial charge is 0.481 e. The number of amides is 2. The number of carboxylic acid groups (broad SMARTS) is 1. The van der Waals surface area contributed by atoms with Crippen LogP contribution < -0.4 is 10.6 Å². The van der Waals surface area contributed by atoms with E-state index >= 15 is 0 Å². The second kappa shape index (κ2) is 4.18. The quantitative estimate of drug-likeness (QED) is 0.663. The maximum Gasteiger partial charge on any atom is 0.315 e. The molecule has 1 saturated carbocycles. The number of hydrogen-bond acceptors (Lipinski definition) is 3. The Morgan fingerprint density at radius 3 is 2.53 bits per heavy atom. The molecule has 0 bridgehead atoms. The summed E-state index contributed by atoms with van der Waals surface area (Å²) in [5.41, 5.74) is -1.05. The van der Waals surface area contributed by atoms with Crippen molar-refractivity contribution >= 4 is 12.0 Å². The van der Waals surface area contributed by atoms with Crippen molar-refractivity contribution in [2.45, 2.75) is 31.7 Å². The highest BCUT2D eigenvalue weighted by molar-refractivity contribution is 5.80. The van der Waals surface area contributed by atoms with Gasteiger partial charge in [-0.1, -0.05) is 0 Å². The van der Waals surface area contributed by atoms with Crippen molar-refractivity contribution in [1.82, 2.24) is 10.6 Å². The summed E-state index contributed by atoms with van der Waals surface area (Å²) in [6.07, 6.45) is 2.07. The Morgan fingerprint density at radius 2 is 2.06 bits per heavy atom. The molecule has 2 aliphatic rings. The average molecular weight is 242 g/mol. The lowest BCUT2D eigenvalue weighted by Crippen LogP contribution is -2.52. The van der Waals surface area contributed by atoms with Crippen molar-refractivity contribution in [2.24, 2.45) is 5.41 Å². The van der Waals surface area contributed by atoms with Gasteiger partial charge in [0.2, 0.25) is 0 Å². The van der Waals surface area contributed by atoms with Gasteiger partial charge in [-0.05, 0) is 26.2 Å². The molecule has 1 heterocycles. The summed E-state index contributed by atoms with van der Waals surface area (Å²) in [5.74, 6) is -0.826. The minimum absolute atomic E-state index is 0.200. The lowest BCUT2D eigenvalue weighted by Gasteiger charge is -2.24. The van der Waals surface area contributed by atoms with Crippen molar-refractivity contribution in [1.29, 1.82) is 0 Å². The van der Waals surface area contributed by atoms with Crippen LogP contribution in [0.1, 0.15) is 26.2 Å². The summed E-state index contributed by atoms with van der Waals surface area (Å²) in [6, 6.07) is -0.314. The molecule has 3 N–H and O–H groups in total. The number of carbonyl (C=O) groups is 2. The molecule has 0 aromatic rings. The summed E-state index contributed by atoms with van der Waals surface area (Å²) < 4.78 is 5.22. The van der Waals surface area contributed by atoms with E-state index in [0.29, 0.717) is 26.1 Å². The van der Waals surface area contributed by atoms with E-state index in [1.54, 1.807) is 0 Å². The summed E-state index contributed by atoms with van der Waals surface area (Å²) in [4.78, 5) is 22.5. The van der Waals surface area contributed by atoms with Crippen LogP contribution in [0.2, 0.25) is 0 Å². The summed E-state index contributed by atoms with van der Waals surface area (Å²) in [7, 11) is 0. The van der Waals surface area contributed by atoms with Crippen LogP contribution in [0, 0.1) is 5.41 Å². The second-order valence-electron chi connectivity index (χ2n) is 5.26. The molecule has 96 valence electrons. The fourth-order valence-corrected chi connectivity index (χ4v) is 1.95. The van der Waals surface area contributed by atoms with E-state index in [9.17, 15) is 9.59 Å². The van der Waals surface area contributed by atoms with E-state index in [2.05, 4.69) is 10.6 Å². The first kappa shape index (κ1) is 12.2. The van der Waals surface area contributed by atoms with Crippen molar-refractivity contribution in [2.75, 3.05) is 19.8 Å². The first-order valence-corrected chi connectivity index (χ1v) is 5.83. The number of nitrogens with one attached hydrogen (secondary N) is 2. The molecule has 0 aromatic heterocycles. The molecule has 17 heavy (non-hydrogen) atoms. The molecule has 6 heteroatoms. The number of ether oxygens (including phenoxy) is 1. The number of urea groups is 1. The van der Waals surface area contributed by atoms with Gasteiger partial charge in [-0.15, -0.1) is 0 Å². The van der Waals surface area contributed by atoms with Crippen LogP contribution in [-0.2, 0) is 9.53 Å². The molecule has 2 fully saturated rings. The fraction of sp³-hybridized carbons (Fsp3) is 0.818. The van der Waals surface area contributed by atoms with E-state index < -0.39 is 11.4 Å². The Kier molecular flexibility index (Phi) is 2.99. The number of rotatable bonds is 4. The molecule has 0 aromatic carbocycles. The average Bonchev–Trinajstić information content (AvgIpc) is 2.94. The van der Waals surface area contributed by atoms with Crippen LogP contribution in [0.5, 0.6) is 0 Å². The predicted octanol–water partition coefficient (Wildman–Crippen LogP) is 0.329. The Bertz CT molecular complexity index is 332.